The van der Waals surface area contributed by atoms with E-state index in [1.165, 1.54) is 0 Å². The predicted octanol–water partition coefficient (Wildman–Crippen LogP) is 2.26. The third kappa shape index (κ3) is 4.56. The normalized spacial score (nSPS) is 11.3. The maximum absolute atomic E-state index is 11.2. The summed E-state index contributed by atoms with van der Waals surface area (Å²) in [5, 5.41) is 19.3. The first-order valence-corrected chi connectivity index (χ1v) is 7.57. The highest BCUT2D eigenvalue weighted by Gasteiger charge is 2.21. The first-order chi connectivity index (χ1) is 10.8. The van der Waals surface area contributed by atoms with E-state index in [2.05, 4.69) is 36.5 Å². The molecule has 0 aliphatic carbocycles. The lowest BCUT2D eigenvalue weighted by Crippen LogP contribution is -2.16. The number of carbonyl (C=O) groups is 1. The zero-order valence-electron chi connectivity index (χ0n) is 14.1. The Hall–Kier alpha value is -2.34. The third-order valence-corrected chi connectivity index (χ3v) is 3.39. The molecule has 0 unspecified atom stereocenters. The molecule has 0 atom stereocenters. The summed E-state index contributed by atoms with van der Waals surface area (Å²) in [6.07, 6.45) is 2.02. The predicted molar refractivity (Wildman–Crippen MR) is 91.4 cm³/mol. The fraction of sp³-hybridized carbons (Fsp3) is 0.412. The Bertz CT molecular complexity index is 686. The average Bonchev–Trinajstić information content (AvgIpc) is 2.86. The smallest absolute Gasteiger partial charge is 0.250 e. The van der Waals surface area contributed by atoms with Crippen LogP contribution in [0.3, 0.4) is 0 Å². The summed E-state index contributed by atoms with van der Waals surface area (Å²) in [4.78, 5) is 11.2. The van der Waals surface area contributed by atoms with Crippen LogP contribution in [0.25, 0.3) is 0 Å². The lowest BCUT2D eigenvalue weighted by atomic mass is 9.89. The van der Waals surface area contributed by atoms with E-state index in [1.54, 1.807) is 6.07 Å². The minimum atomic E-state index is -0.526. The van der Waals surface area contributed by atoms with Crippen LogP contribution in [0.2, 0.25) is 0 Å². The van der Waals surface area contributed by atoms with Crippen LogP contribution in [-0.4, -0.2) is 27.4 Å². The van der Waals surface area contributed by atoms with Crippen LogP contribution in [0, 0.1) is 0 Å². The zero-order chi connectivity index (χ0) is 17.0. The second kappa shape index (κ2) is 6.83. The molecule has 6 heteroatoms. The van der Waals surface area contributed by atoms with Crippen molar-refractivity contribution in [1.29, 1.82) is 0 Å². The SMILES string of the molecule is Cn1cc(CNc2cccc(NC(=O)CO)c2)c(C(C)(C)C)n1. The van der Waals surface area contributed by atoms with Gasteiger partial charge in [0.15, 0.2) is 0 Å². The molecule has 0 spiro atoms. The summed E-state index contributed by atoms with van der Waals surface area (Å²) < 4.78 is 1.83. The van der Waals surface area contributed by atoms with Gasteiger partial charge in [-0.1, -0.05) is 26.8 Å². The largest absolute Gasteiger partial charge is 0.387 e. The minimum Gasteiger partial charge on any atom is -0.387 e. The molecule has 0 aliphatic rings. The van der Waals surface area contributed by atoms with Crippen LogP contribution >= 0.6 is 0 Å². The van der Waals surface area contributed by atoms with Gasteiger partial charge in [-0.25, -0.2) is 0 Å². The standard InChI is InChI=1S/C17H24N4O2/c1-17(2,3)16-12(10-21(4)20-16)9-18-13-6-5-7-14(8-13)19-15(23)11-22/h5-8,10,18,22H,9,11H2,1-4H3,(H,19,23). The van der Waals surface area contributed by atoms with Gasteiger partial charge < -0.3 is 15.7 Å². The minimum absolute atomic E-state index is 0.0186. The van der Waals surface area contributed by atoms with Crippen molar-refractivity contribution in [3.05, 3.63) is 41.7 Å². The van der Waals surface area contributed by atoms with Crippen molar-refractivity contribution in [2.45, 2.75) is 32.7 Å². The first-order valence-electron chi connectivity index (χ1n) is 7.57. The molecule has 3 N–H and O–H groups in total. The van der Waals surface area contributed by atoms with E-state index in [0.29, 0.717) is 12.2 Å². The number of nitrogens with one attached hydrogen (secondary N) is 2. The van der Waals surface area contributed by atoms with Crippen molar-refractivity contribution in [2.24, 2.45) is 7.05 Å². The van der Waals surface area contributed by atoms with Crippen LogP contribution in [0.4, 0.5) is 11.4 Å². The Labute approximate surface area is 136 Å². The number of benzene rings is 1. The number of rotatable bonds is 5. The van der Waals surface area contributed by atoms with Crippen LogP contribution in [0.5, 0.6) is 0 Å². The molecule has 0 radical (unpaired) electrons. The molecule has 1 heterocycles. The number of carbonyl (C=O) groups excluding carboxylic acids is 1. The maximum atomic E-state index is 11.2. The fourth-order valence-electron chi connectivity index (χ4n) is 2.40. The quantitative estimate of drug-likeness (QED) is 0.790. The second-order valence-corrected chi connectivity index (χ2v) is 6.57. The van der Waals surface area contributed by atoms with E-state index in [0.717, 1.165) is 16.9 Å². The Morgan fingerprint density at radius 1 is 1.30 bits per heavy atom. The molecule has 0 saturated heterocycles. The van der Waals surface area contributed by atoms with Gasteiger partial charge in [0, 0.05) is 42.1 Å². The highest BCUT2D eigenvalue weighted by molar-refractivity contribution is 5.91. The Kier molecular flexibility index (Phi) is 5.05. The average molecular weight is 316 g/mol. The molecule has 1 aromatic heterocycles. The van der Waals surface area contributed by atoms with E-state index in [1.807, 2.05) is 36.1 Å². The van der Waals surface area contributed by atoms with Crippen LogP contribution < -0.4 is 10.6 Å². The van der Waals surface area contributed by atoms with Gasteiger partial charge in [-0.15, -0.1) is 0 Å². The van der Waals surface area contributed by atoms with Gasteiger partial charge in [0.1, 0.15) is 6.61 Å². The molecule has 2 aromatic rings. The van der Waals surface area contributed by atoms with Crippen molar-refractivity contribution in [3.8, 4) is 0 Å². The summed E-state index contributed by atoms with van der Waals surface area (Å²) in [6, 6.07) is 7.40. The van der Waals surface area contributed by atoms with Crippen LogP contribution in [0.1, 0.15) is 32.0 Å². The summed E-state index contributed by atoms with van der Waals surface area (Å²) in [7, 11) is 1.92. The van der Waals surface area contributed by atoms with Gasteiger partial charge in [0.2, 0.25) is 5.91 Å². The number of anilines is 2. The summed E-state index contributed by atoms with van der Waals surface area (Å²) in [5.74, 6) is -0.426. The Morgan fingerprint density at radius 3 is 2.65 bits per heavy atom. The zero-order valence-corrected chi connectivity index (χ0v) is 14.1. The molecule has 0 fully saturated rings. The molecule has 2 rings (SSSR count). The summed E-state index contributed by atoms with van der Waals surface area (Å²) in [6.45, 7) is 6.55. The van der Waals surface area contributed by atoms with E-state index < -0.39 is 12.5 Å². The molecule has 0 saturated carbocycles. The maximum Gasteiger partial charge on any atom is 0.250 e. The first kappa shape index (κ1) is 17.0. The molecular weight excluding hydrogens is 292 g/mol. The number of aromatic nitrogens is 2. The highest BCUT2D eigenvalue weighted by Crippen LogP contribution is 2.25. The van der Waals surface area contributed by atoms with E-state index in [-0.39, 0.29) is 5.41 Å². The molecule has 0 aliphatic heterocycles. The summed E-state index contributed by atoms with van der Waals surface area (Å²) in [5.41, 5.74) is 3.73. The van der Waals surface area contributed by atoms with E-state index >= 15 is 0 Å². The number of aliphatic hydroxyl groups is 1. The van der Waals surface area contributed by atoms with Gasteiger partial charge in [-0.2, -0.15) is 5.10 Å². The highest BCUT2D eigenvalue weighted by atomic mass is 16.3. The van der Waals surface area contributed by atoms with Crippen molar-refractivity contribution in [1.82, 2.24) is 9.78 Å². The number of amides is 1. The Morgan fingerprint density at radius 2 is 2.00 bits per heavy atom. The third-order valence-electron chi connectivity index (χ3n) is 3.39. The lowest BCUT2D eigenvalue weighted by molar-refractivity contribution is -0.118. The van der Waals surface area contributed by atoms with Gasteiger partial charge >= 0.3 is 0 Å². The molecule has 124 valence electrons. The van der Waals surface area contributed by atoms with E-state index in [4.69, 9.17) is 5.11 Å². The molecule has 1 aromatic carbocycles. The van der Waals surface area contributed by atoms with Gasteiger partial charge in [0.25, 0.3) is 0 Å². The fourth-order valence-corrected chi connectivity index (χ4v) is 2.40. The van der Waals surface area contributed by atoms with Crippen molar-refractivity contribution < 1.29 is 9.90 Å². The molecule has 0 bridgehead atoms. The number of nitrogens with zero attached hydrogens (tertiary/aromatic N) is 2. The molecule has 6 nitrogen and oxygen atoms in total. The van der Waals surface area contributed by atoms with Crippen molar-refractivity contribution in [2.75, 3.05) is 17.2 Å². The number of aryl methyl sites for hydroxylation is 1. The molecule has 1 amide bonds. The van der Waals surface area contributed by atoms with Gasteiger partial charge in [-0.3, -0.25) is 9.48 Å². The molecule has 23 heavy (non-hydrogen) atoms. The lowest BCUT2D eigenvalue weighted by Gasteiger charge is -2.18. The number of hydrogen-bond acceptors (Lipinski definition) is 4. The molecular formula is C17H24N4O2. The van der Waals surface area contributed by atoms with Crippen LogP contribution in [0.15, 0.2) is 30.5 Å². The van der Waals surface area contributed by atoms with Crippen LogP contribution in [-0.2, 0) is 23.8 Å². The summed E-state index contributed by atoms with van der Waals surface area (Å²) >= 11 is 0. The monoisotopic (exact) mass is 316 g/mol. The van der Waals surface area contributed by atoms with Crippen molar-refractivity contribution in [3.63, 3.8) is 0 Å². The van der Waals surface area contributed by atoms with Crippen molar-refractivity contribution >= 4 is 17.3 Å². The Balaban J connectivity index is 2.10. The number of aliphatic hydroxyl groups excluding tert-OH is 1. The van der Waals surface area contributed by atoms with Gasteiger partial charge in [-0.05, 0) is 18.2 Å². The number of hydrogen-bond donors (Lipinski definition) is 3. The van der Waals surface area contributed by atoms with Gasteiger partial charge in [0.05, 0.1) is 5.69 Å². The topological polar surface area (TPSA) is 79.2 Å². The second-order valence-electron chi connectivity index (χ2n) is 6.57. The van der Waals surface area contributed by atoms with E-state index in [9.17, 15) is 4.79 Å².